The molecule has 5 rings (SSSR count). The van der Waals surface area contributed by atoms with Crippen LogP contribution in [0.1, 0.15) is 39.1 Å². The summed E-state index contributed by atoms with van der Waals surface area (Å²) >= 11 is 1.96. The maximum absolute atomic E-state index is 13.3. The Balaban J connectivity index is 0.00000154. The van der Waals surface area contributed by atoms with E-state index in [1.165, 1.54) is 7.11 Å². The number of ketones is 1. The second kappa shape index (κ2) is 18.1. The molecule has 2 amide bonds. The third-order valence-corrected chi connectivity index (χ3v) is 6.83. The molecule has 3 aromatic carbocycles. The second-order valence-electron chi connectivity index (χ2n) is 11.4. The number of benzene rings is 3. The van der Waals surface area contributed by atoms with Crippen LogP contribution in [0.15, 0.2) is 85.1 Å². The number of ether oxygens (including phenoxy) is 2. The quantitative estimate of drug-likeness (QED) is 0.0666. The minimum absolute atomic E-state index is 0. The van der Waals surface area contributed by atoms with Crippen molar-refractivity contribution in [1.29, 1.82) is 0 Å². The topological polar surface area (TPSA) is 107 Å². The molecule has 0 atom stereocenters. The molecule has 0 aliphatic heterocycles. The van der Waals surface area contributed by atoms with Gasteiger partial charge in [-0.3, -0.25) is 15.1 Å². The molecule has 5 aromatic rings. The van der Waals surface area contributed by atoms with Crippen molar-refractivity contribution >= 4 is 56.7 Å². The molecule has 2 heterocycles. The minimum Gasteiger partial charge on any atom is -0.457 e. The first-order chi connectivity index (χ1) is 22.0. The van der Waals surface area contributed by atoms with Gasteiger partial charge in [-0.05, 0) is 42.2 Å². The summed E-state index contributed by atoms with van der Waals surface area (Å²) in [6, 6.07) is 24.3. The minimum atomic E-state index is -0.396. The van der Waals surface area contributed by atoms with Gasteiger partial charge < -0.3 is 22.2 Å². The first kappa shape index (κ1) is 37.8. The normalized spacial score (nSPS) is 10.8. The third-order valence-electron chi connectivity index (χ3n) is 6.83. The fourth-order valence-electron chi connectivity index (χ4n) is 4.62. The van der Waals surface area contributed by atoms with E-state index in [0.29, 0.717) is 33.6 Å². The number of halogens is 1. The molecule has 2 aromatic heterocycles. The fraction of sp³-hybridized carbons (Fsp3) is 0.250. The van der Waals surface area contributed by atoms with Gasteiger partial charge in [0.2, 0.25) is 0 Å². The summed E-state index contributed by atoms with van der Waals surface area (Å²) in [7, 11) is 1.49. The zero-order valence-electron chi connectivity index (χ0n) is 28.4. The Labute approximate surface area is 306 Å². The molecule has 0 aliphatic rings. The van der Waals surface area contributed by atoms with Gasteiger partial charge in [-0.25, -0.2) is 9.48 Å². The number of alkyl halides is 1. The molecule has 0 spiro atoms. The molecule has 47 heavy (non-hydrogen) atoms. The average Bonchev–Trinajstić information content (AvgIpc) is 3.44. The van der Waals surface area contributed by atoms with Crippen molar-refractivity contribution in [3.05, 3.63) is 109 Å². The first-order valence-electron chi connectivity index (χ1n) is 15.0. The van der Waals surface area contributed by atoms with Gasteiger partial charge in [0.25, 0.3) is 0 Å². The summed E-state index contributed by atoms with van der Waals surface area (Å²) in [4.78, 5) is 30.1. The summed E-state index contributed by atoms with van der Waals surface area (Å²) in [5, 5.41) is 12.4. The van der Waals surface area contributed by atoms with Gasteiger partial charge >= 0.3 is 6.03 Å². The molecule has 0 saturated heterocycles. The summed E-state index contributed by atoms with van der Waals surface area (Å²) in [6.07, 6.45) is 1.77. The van der Waals surface area contributed by atoms with Crippen LogP contribution in [-0.4, -0.2) is 45.2 Å². The van der Waals surface area contributed by atoms with Crippen LogP contribution in [-0.2, 0) is 41.8 Å². The van der Waals surface area contributed by atoms with Crippen LogP contribution in [0.2, 0.25) is 0 Å². The number of Topliss-reactive ketones (excluding diaryl/α,β-unsaturated/α-hetero) is 1. The van der Waals surface area contributed by atoms with Crippen molar-refractivity contribution in [3.8, 4) is 17.2 Å². The number of carbonyl (C=O) groups excluding carboxylic acids is 2. The van der Waals surface area contributed by atoms with Crippen LogP contribution in [0.3, 0.4) is 0 Å². The maximum Gasteiger partial charge on any atom is 0.324 e. The van der Waals surface area contributed by atoms with Gasteiger partial charge in [-0.15, -0.1) is 0 Å². The summed E-state index contributed by atoms with van der Waals surface area (Å²) in [5.41, 5.74) is 3.87. The third kappa shape index (κ3) is 10.4. The number of nitrogens with one attached hydrogen (secondary N) is 2. The van der Waals surface area contributed by atoms with E-state index in [4.69, 9.17) is 15.9 Å². The van der Waals surface area contributed by atoms with Crippen LogP contribution in [0.5, 0.6) is 11.5 Å². The molecule has 0 bridgehead atoms. The molecule has 252 valence electrons. The smallest absolute Gasteiger partial charge is 0.324 e. The summed E-state index contributed by atoms with van der Waals surface area (Å²) in [5.74, 6) is 1.66. The van der Waals surface area contributed by atoms with Gasteiger partial charge in [-0.2, -0.15) is 5.10 Å². The average molecular weight is 842 g/mol. The number of urea groups is 1. The zero-order valence-corrected chi connectivity index (χ0v) is 31.1. The van der Waals surface area contributed by atoms with Crippen molar-refractivity contribution in [2.45, 2.75) is 39.5 Å². The number of aryl methyl sites for hydroxylation is 1. The van der Waals surface area contributed by atoms with Crippen LogP contribution in [0.4, 0.5) is 16.3 Å². The fourth-order valence-corrected chi connectivity index (χ4v) is 4.62. The van der Waals surface area contributed by atoms with E-state index in [1.54, 1.807) is 29.1 Å². The number of aromatic nitrogens is 3. The van der Waals surface area contributed by atoms with E-state index in [-0.39, 0.29) is 52.1 Å². The van der Waals surface area contributed by atoms with Crippen molar-refractivity contribution in [1.82, 2.24) is 14.8 Å². The molecular formula is C36H41IN5O4Pd-. The predicted molar refractivity (Wildman–Crippen MR) is 195 cm³/mol. The Hall–Kier alpha value is -3.63. The van der Waals surface area contributed by atoms with E-state index in [1.807, 2.05) is 90.2 Å². The Morgan fingerprint density at radius 3 is 2.32 bits per heavy atom. The van der Waals surface area contributed by atoms with Crippen LogP contribution < -0.4 is 15.4 Å². The van der Waals surface area contributed by atoms with Crippen molar-refractivity contribution in [2.75, 3.05) is 29.3 Å². The Kier molecular flexibility index (Phi) is 14.5. The molecule has 9 nitrogen and oxygen atoms in total. The molecular weight excluding hydrogens is 800 g/mol. The number of carbonyl (C=O) groups is 2. The first-order valence-corrected chi connectivity index (χ1v) is 15.8. The molecule has 0 fully saturated rings. The van der Waals surface area contributed by atoms with Crippen LogP contribution in [0, 0.1) is 14.4 Å². The summed E-state index contributed by atoms with van der Waals surface area (Å²) < 4.78 is 19.1. The SMILES string of the molecule is COCC(=O)Cc1cc(Oc2ccc(NC(=O)Nc3cc(C(C)(C)C)nn3-c3ccc(C)cc3)c3ccccc23)ccn1.[2H]CI.[CH3-].[Pd]. The Morgan fingerprint density at radius 2 is 1.66 bits per heavy atom. The molecule has 0 unspecified atom stereocenters. The molecule has 11 heteroatoms. The van der Waals surface area contributed by atoms with Crippen molar-refractivity contribution < 1.29 is 40.9 Å². The van der Waals surface area contributed by atoms with Gasteiger partial charge in [0.1, 0.15) is 23.9 Å². The maximum atomic E-state index is 13.3. The van der Waals surface area contributed by atoms with Crippen LogP contribution >= 0.6 is 22.6 Å². The van der Waals surface area contributed by atoms with Crippen molar-refractivity contribution in [2.24, 2.45) is 0 Å². The predicted octanol–water partition coefficient (Wildman–Crippen LogP) is 8.72. The van der Waals surface area contributed by atoms with Gasteiger partial charge in [0.05, 0.1) is 29.2 Å². The Morgan fingerprint density at radius 1 is 0.979 bits per heavy atom. The largest absolute Gasteiger partial charge is 0.457 e. The van der Waals surface area contributed by atoms with Crippen molar-refractivity contribution in [3.63, 3.8) is 0 Å². The number of methoxy groups -OCH3 is 1. The van der Waals surface area contributed by atoms with E-state index in [0.717, 1.165) is 27.7 Å². The number of fused-ring (bicyclic) bond motifs is 1. The number of anilines is 2. The number of pyridine rings is 1. The monoisotopic (exact) mass is 841 g/mol. The standard InChI is InChI=1S/C34H35N5O4.CH3I.CH3.Pd/c1-22-10-12-24(13-11-22)39-32(20-31(38-39)34(2,3)4)37-33(41)36-29-14-15-30(28-9-7-6-8-27(28)29)43-26-16-17-35-23(19-26)18-25(40)21-42-5;1-2;;/h6-17,19-20H,18,21H2,1-5H3,(H2,36,37,41);1H3;1H3;/q;;-1;/i;1D;;. The van der Waals surface area contributed by atoms with Gasteiger partial charge in [0.15, 0.2) is 5.78 Å². The number of hydrogen-bond donors (Lipinski definition) is 2. The van der Waals surface area contributed by atoms with Gasteiger partial charge in [-0.1, -0.05) is 85.3 Å². The van der Waals surface area contributed by atoms with E-state index in [2.05, 4.69) is 36.4 Å². The zero-order chi connectivity index (χ0) is 33.3. The van der Waals surface area contributed by atoms with E-state index in [9.17, 15) is 9.59 Å². The molecule has 0 aliphatic carbocycles. The molecule has 0 radical (unpaired) electrons. The Bertz CT molecular complexity index is 1810. The second-order valence-corrected chi connectivity index (χ2v) is 11.4. The number of nitrogens with zero attached hydrogens (tertiary/aromatic N) is 3. The summed E-state index contributed by atoms with van der Waals surface area (Å²) in [6.45, 7) is 8.32. The molecule has 2 N–H and O–H groups in total. The van der Waals surface area contributed by atoms with Crippen LogP contribution in [0.25, 0.3) is 16.5 Å². The van der Waals surface area contributed by atoms with E-state index >= 15 is 0 Å². The molecule has 0 saturated carbocycles. The number of rotatable bonds is 9. The number of amides is 2. The van der Waals surface area contributed by atoms with E-state index < -0.39 is 6.03 Å². The number of hydrogen-bond acceptors (Lipinski definition) is 6. The van der Waals surface area contributed by atoms with Gasteiger partial charge in [0, 0.05) is 63.4 Å².